The minimum absolute atomic E-state index is 0.129. The lowest BCUT2D eigenvalue weighted by Gasteiger charge is -2.34. The van der Waals surface area contributed by atoms with Crippen molar-refractivity contribution in [2.24, 2.45) is 5.92 Å². The maximum Gasteiger partial charge on any atom is 0.161 e. The second-order valence-corrected chi connectivity index (χ2v) is 4.85. The highest BCUT2D eigenvalue weighted by atomic mass is 19.1. The van der Waals surface area contributed by atoms with Crippen molar-refractivity contribution in [2.75, 3.05) is 24.6 Å². The predicted molar refractivity (Wildman–Crippen MR) is 68.4 cm³/mol. The van der Waals surface area contributed by atoms with Crippen LogP contribution >= 0.6 is 0 Å². The topological polar surface area (TPSA) is 40.5 Å². The number of ketones is 1. The first kappa shape index (κ1) is 13.0. The van der Waals surface area contributed by atoms with E-state index in [9.17, 15) is 14.3 Å². The molecular formula is C14H18FNO2. The van der Waals surface area contributed by atoms with E-state index in [1.165, 1.54) is 19.1 Å². The molecule has 18 heavy (non-hydrogen) atoms. The van der Waals surface area contributed by atoms with Gasteiger partial charge in [-0.3, -0.25) is 4.79 Å². The number of carbonyl (C=O) groups is 1. The SMILES string of the molecule is CC(=O)c1cc(F)ccc1N1CCCC(CO)C1. The van der Waals surface area contributed by atoms with Crippen LogP contribution in [0.25, 0.3) is 0 Å². The summed E-state index contributed by atoms with van der Waals surface area (Å²) in [5, 5.41) is 9.22. The molecule has 1 aliphatic heterocycles. The molecule has 1 heterocycles. The third-order valence-corrected chi connectivity index (χ3v) is 3.46. The number of aliphatic hydroxyl groups is 1. The lowest BCUT2D eigenvalue weighted by Crippen LogP contribution is -2.37. The van der Waals surface area contributed by atoms with Crippen LogP contribution in [0, 0.1) is 11.7 Å². The zero-order chi connectivity index (χ0) is 13.1. The smallest absolute Gasteiger partial charge is 0.161 e. The van der Waals surface area contributed by atoms with E-state index in [0.717, 1.165) is 31.6 Å². The Morgan fingerprint density at radius 3 is 3.00 bits per heavy atom. The Hall–Kier alpha value is -1.42. The minimum Gasteiger partial charge on any atom is -0.396 e. The summed E-state index contributed by atoms with van der Waals surface area (Å²) in [4.78, 5) is 13.6. The summed E-state index contributed by atoms with van der Waals surface area (Å²) < 4.78 is 13.2. The maximum absolute atomic E-state index is 13.2. The van der Waals surface area contributed by atoms with Crippen LogP contribution in [0.3, 0.4) is 0 Å². The minimum atomic E-state index is -0.389. The lowest BCUT2D eigenvalue weighted by molar-refractivity contribution is 0.101. The molecule has 0 radical (unpaired) electrons. The fourth-order valence-electron chi connectivity index (χ4n) is 2.50. The molecule has 0 amide bonds. The Morgan fingerprint density at radius 1 is 1.56 bits per heavy atom. The fraction of sp³-hybridized carbons (Fsp3) is 0.500. The lowest BCUT2D eigenvalue weighted by atomic mass is 9.97. The first-order valence-corrected chi connectivity index (χ1v) is 6.28. The number of benzene rings is 1. The van der Waals surface area contributed by atoms with E-state index in [1.807, 2.05) is 0 Å². The molecule has 1 N–H and O–H groups in total. The quantitative estimate of drug-likeness (QED) is 0.837. The summed E-state index contributed by atoms with van der Waals surface area (Å²) >= 11 is 0. The predicted octanol–water partition coefficient (Wildman–Crippen LogP) is 2.24. The van der Waals surface area contributed by atoms with Crippen LogP contribution in [0.5, 0.6) is 0 Å². The molecule has 0 bridgehead atoms. The number of nitrogens with zero attached hydrogens (tertiary/aromatic N) is 1. The second kappa shape index (κ2) is 5.48. The average Bonchev–Trinajstić information content (AvgIpc) is 2.38. The maximum atomic E-state index is 13.2. The molecule has 0 saturated carbocycles. The van der Waals surface area contributed by atoms with E-state index in [0.29, 0.717) is 5.56 Å². The fourth-order valence-corrected chi connectivity index (χ4v) is 2.50. The van der Waals surface area contributed by atoms with E-state index in [1.54, 1.807) is 6.07 Å². The highest BCUT2D eigenvalue weighted by Crippen LogP contribution is 2.27. The van der Waals surface area contributed by atoms with E-state index < -0.39 is 0 Å². The number of Topliss-reactive ketones (excluding diaryl/α,β-unsaturated/α-hetero) is 1. The molecule has 98 valence electrons. The number of hydrogen-bond donors (Lipinski definition) is 1. The number of anilines is 1. The largest absolute Gasteiger partial charge is 0.396 e. The standard InChI is InChI=1S/C14H18FNO2/c1-10(18)13-7-12(15)4-5-14(13)16-6-2-3-11(8-16)9-17/h4-5,7,11,17H,2-3,6,8-9H2,1H3. The number of rotatable bonds is 3. The normalized spacial score (nSPS) is 19.9. The summed E-state index contributed by atoms with van der Waals surface area (Å²) in [7, 11) is 0. The molecule has 4 heteroatoms. The Bertz CT molecular complexity index is 447. The van der Waals surface area contributed by atoms with Crippen molar-refractivity contribution >= 4 is 11.5 Å². The number of aliphatic hydroxyl groups excluding tert-OH is 1. The molecule has 0 aliphatic carbocycles. The summed E-state index contributed by atoms with van der Waals surface area (Å²) in [5.74, 6) is -0.279. The van der Waals surface area contributed by atoms with E-state index >= 15 is 0 Å². The Kier molecular flexibility index (Phi) is 3.97. The van der Waals surface area contributed by atoms with Crippen molar-refractivity contribution in [3.05, 3.63) is 29.6 Å². The van der Waals surface area contributed by atoms with Gasteiger partial charge in [0.15, 0.2) is 5.78 Å². The number of hydrogen-bond acceptors (Lipinski definition) is 3. The van der Waals surface area contributed by atoms with Gasteiger partial charge in [0, 0.05) is 30.9 Å². The first-order valence-electron chi connectivity index (χ1n) is 6.28. The van der Waals surface area contributed by atoms with Gasteiger partial charge in [0.25, 0.3) is 0 Å². The van der Waals surface area contributed by atoms with Crippen LogP contribution in [0.4, 0.5) is 10.1 Å². The molecule has 1 aliphatic rings. The monoisotopic (exact) mass is 251 g/mol. The third kappa shape index (κ3) is 2.70. The average molecular weight is 251 g/mol. The van der Waals surface area contributed by atoms with Gasteiger partial charge in [0.05, 0.1) is 0 Å². The van der Waals surface area contributed by atoms with Crippen LogP contribution < -0.4 is 4.90 Å². The zero-order valence-electron chi connectivity index (χ0n) is 10.5. The molecule has 1 atom stereocenters. The van der Waals surface area contributed by atoms with Crippen LogP contribution in [0.1, 0.15) is 30.1 Å². The van der Waals surface area contributed by atoms with Gasteiger partial charge in [-0.05, 0) is 43.9 Å². The Labute approximate surface area is 106 Å². The number of halogens is 1. The first-order chi connectivity index (χ1) is 8.61. The van der Waals surface area contributed by atoms with Gasteiger partial charge >= 0.3 is 0 Å². The van der Waals surface area contributed by atoms with Crippen LogP contribution in [0.15, 0.2) is 18.2 Å². The Morgan fingerprint density at radius 2 is 2.33 bits per heavy atom. The van der Waals surface area contributed by atoms with Gasteiger partial charge in [-0.2, -0.15) is 0 Å². The molecule has 3 nitrogen and oxygen atoms in total. The van der Waals surface area contributed by atoms with Gasteiger partial charge in [-0.25, -0.2) is 4.39 Å². The molecule has 0 spiro atoms. The van der Waals surface area contributed by atoms with Gasteiger partial charge in [-0.1, -0.05) is 0 Å². The van der Waals surface area contributed by atoms with Gasteiger partial charge in [0.1, 0.15) is 5.82 Å². The van der Waals surface area contributed by atoms with Crippen LogP contribution in [-0.4, -0.2) is 30.6 Å². The molecule has 1 unspecified atom stereocenters. The molecule has 1 aromatic carbocycles. The van der Waals surface area contributed by atoms with E-state index in [2.05, 4.69) is 4.90 Å². The molecule has 0 aromatic heterocycles. The van der Waals surface area contributed by atoms with E-state index in [-0.39, 0.29) is 24.1 Å². The van der Waals surface area contributed by atoms with Crippen LogP contribution in [-0.2, 0) is 0 Å². The number of piperidine rings is 1. The van der Waals surface area contributed by atoms with Crippen molar-refractivity contribution in [3.8, 4) is 0 Å². The highest BCUT2D eigenvalue weighted by Gasteiger charge is 2.22. The van der Waals surface area contributed by atoms with Gasteiger partial charge in [0.2, 0.25) is 0 Å². The molecule has 1 saturated heterocycles. The van der Waals surface area contributed by atoms with Gasteiger partial charge in [-0.15, -0.1) is 0 Å². The van der Waals surface area contributed by atoms with E-state index in [4.69, 9.17) is 0 Å². The van der Waals surface area contributed by atoms with Crippen molar-refractivity contribution in [3.63, 3.8) is 0 Å². The van der Waals surface area contributed by atoms with Crippen molar-refractivity contribution in [1.82, 2.24) is 0 Å². The zero-order valence-corrected chi connectivity index (χ0v) is 10.5. The number of carbonyl (C=O) groups excluding carboxylic acids is 1. The second-order valence-electron chi connectivity index (χ2n) is 4.85. The highest BCUT2D eigenvalue weighted by molar-refractivity contribution is 5.99. The van der Waals surface area contributed by atoms with Gasteiger partial charge < -0.3 is 10.0 Å². The summed E-state index contributed by atoms with van der Waals surface area (Å²) in [5.41, 5.74) is 1.20. The van der Waals surface area contributed by atoms with Crippen LogP contribution in [0.2, 0.25) is 0 Å². The molecule has 1 fully saturated rings. The third-order valence-electron chi connectivity index (χ3n) is 3.46. The summed E-state index contributed by atoms with van der Waals surface area (Å²) in [6.07, 6.45) is 1.99. The Balaban J connectivity index is 2.29. The summed E-state index contributed by atoms with van der Waals surface area (Å²) in [6, 6.07) is 4.33. The molecular weight excluding hydrogens is 233 g/mol. The van der Waals surface area contributed by atoms with Crippen molar-refractivity contribution in [1.29, 1.82) is 0 Å². The van der Waals surface area contributed by atoms with Crippen molar-refractivity contribution < 1.29 is 14.3 Å². The molecule has 1 aromatic rings. The summed E-state index contributed by atoms with van der Waals surface area (Å²) in [6.45, 7) is 3.18. The molecule has 2 rings (SSSR count). The van der Waals surface area contributed by atoms with Crippen molar-refractivity contribution in [2.45, 2.75) is 19.8 Å².